The van der Waals surface area contributed by atoms with Gasteiger partial charge in [-0.1, -0.05) is 6.07 Å². The number of aromatic nitrogens is 2. The first-order chi connectivity index (χ1) is 10.8. The zero-order valence-corrected chi connectivity index (χ0v) is 13.4. The van der Waals surface area contributed by atoms with Crippen LogP contribution < -0.4 is 4.72 Å². The molecule has 1 atom stereocenters. The minimum atomic E-state index is -3.84. The largest absolute Gasteiger partial charge is 0.333 e. The van der Waals surface area contributed by atoms with Gasteiger partial charge in [0.25, 0.3) is 0 Å². The summed E-state index contributed by atoms with van der Waals surface area (Å²) in [7, 11) is -3.84. The Morgan fingerprint density at radius 1 is 1.35 bits per heavy atom. The van der Waals surface area contributed by atoms with Crippen molar-refractivity contribution in [3.05, 3.63) is 53.1 Å². The number of imidazole rings is 1. The molecule has 2 aromatic rings. The summed E-state index contributed by atoms with van der Waals surface area (Å²) in [6, 6.07) is 3.00. The average Bonchev–Trinajstić information content (AvgIpc) is 2.82. The van der Waals surface area contributed by atoms with Crippen molar-refractivity contribution in [2.75, 3.05) is 0 Å². The predicted octanol–water partition coefficient (Wildman–Crippen LogP) is 1.90. The number of fused-ring (bicyclic) bond motifs is 1. The lowest BCUT2D eigenvalue weighted by molar-refractivity contribution is 0.420. The molecule has 0 amide bonds. The summed E-state index contributed by atoms with van der Waals surface area (Å²) in [5, 5.41) is 0. The highest BCUT2D eigenvalue weighted by Crippen LogP contribution is 2.18. The molecule has 1 aliphatic heterocycles. The zero-order valence-electron chi connectivity index (χ0n) is 12.6. The van der Waals surface area contributed by atoms with E-state index >= 15 is 0 Å². The van der Waals surface area contributed by atoms with Gasteiger partial charge < -0.3 is 4.57 Å². The average molecular weight is 341 g/mol. The number of sulfonamides is 1. The van der Waals surface area contributed by atoms with E-state index in [0.29, 0.717) is 19.4 Å². The SMILES string of the molecule is Cc1cn2c(n1)CC[C@@H](NS(=O)(=O)Cc1c(F)cccc1F)C2. The van der Waals surface area contributed by atoms with Crippen molar-refractivity contribution in [3.8, 4) is 0 Å². The third-order valence-electron chi connectivity index (χ3n) is 3.86. The second kappa shape index (κ2) is 6.01. The fourth-order valence-electron chi connectivity index (χ4n) is 2.84. The van der Waals surface area contributed by atoms with Crippen LogP contribution in [0.3, 0.4) is 0 Å². The number of hydrogen-bond donors (Lipinski definition) is 1. The molecule has 0 saturated heterocycles. The first-order valence-electron chi connectivity index (χ1n) is 7.29. The summed E-state index contributed by atoms with van der Waals surface area (Å²) >= 11 is 0. The summed E-state index contributed by atoms with van der Waals surface area (Å²) in [4.78, 5) is 4.36. The van der Waals surface area contributed by atoms with E-state index in [1.165, 1.54) is 6.07 Å². The minimum absolute atomic E-state index is 0.309. The Bertz CT molecular complexity index is 813. The lowest BCUT2D eigenvalue weighted by Crippen LogP contribution is -2.41. The van der Waals surface area contributed by atoms with E-state index in [9.17, 15) is 17.2 Å². The number of nitrogens with one attached hydrogen (secondary N) is 1. The fourth-order valence-corrected chi connectivity index (χ4v) is 4.28. The highest BCUT2D eigenvalue weighted by atomic mass is 32.2. The Balaban J connectivity index is 1.72. The molecule has 2 heterocycles. The van der Waals surface area contributed by atoms with E-state index in [2.05, 4.69) is 9.71 Å². The van der Waals surface area contributed by atoms with Gasteiger partial charge in [0.2, 0.25) is 10.0 Å². The van der Waals surface area contributed by atoms with Gasteiger partial charge in [0.15, 0.2) is 0 Å². The molecule has 0 unspecified atom stereocenters. The van der Waals surface area contributed by atoms with Gasteiger partial charge in [-0.05, 0) is 25.5 Å². The van der Waals surface area contributed by atoms with Crippen molar-refractivity contribution in [1.82, 2.24) is 14.3 Å². The second-order valence-electron chi connectivity index (χ2n) is 5.76. The molecular weight excluding hydrogens is 324 g/mol. The second-order valence-corrected chi connectivity index (χ2v) is 7.52. The van der Waals surface area contributed by atoms with Gasteiger partial charge in [-0.15, -0.1) is 0 Å². The molecule has 1 aromatic carbocycles. The lowest BCUT2D eigenvalue weighted by atomic mass is 10.1. The number of aryl methyl sites for hydroxylation is 2. The Kier molecular flexibility index (Phi) is 4.20. The molecule has 0 saturated carbocycles. The molecule has 124 valence electrons. The molecule has 1 aliphatic rings. The predicted molar refractivity (Wildman–Crippen MR) is 81.2 cm³/mol. The molecule has 0 radical (unpaired) electrons. The molecule has 3 rings (SSSR count). The van der Waals surface area contributed by atoms with Gasteiger partial charge in [0, 0.05) is 30.8 Å². The van der Waals surface area contributed by atoms with Gasteiger partial charge >= 0.3 is 0 Å². The van der Waals surface area contributed by atoms with Crippen molar-refractivity contribution in [2.24, 2.45) is 0 Å². The maximum absolute atomic E-state index is 13.6. The van der Waals surface area contributed by atoms with E-state index in [-0.39, 0.29) is 6.04 Å². The molecular formula is C15H17F2N3O2S. The third kappa shape index (κ3) is 3.59. The van der Waals surface area contributed by atoms with Crippen LogP contribution in [0.1, 0.15) is 23.5 Å². The normalized spacial score (nSPS) is 18.0. The molecule has 0 fully saturated rings. The summed E-state index contributed by atoms with van der Waals surface area (Å²) in [5.41, 5.74) is 0.451. The van der Waals surface area contributed by atoms with Crippen molar-refractivity contribution in [1.29, 1.82) is 0 Å². The van der Waals surface area contributed by atoms with Crippen LogP contribution in [0.5, 0.6) is 0 Å². The first-order valence-corrected chi connectivity index (χ1v) is 8.95. The standard InChI is InChI=1S/C15H17F2N3O2S/c1-10-7-20-8-11(5-6-15(20)18-10)19-23(21,22)9-12-13(16)3-2-4-14(12)17/h2-4,7,11,19H,5-6,8-9H2,1H3/t11-/m1/s1. The number of halogens is 2. The minimum Gasteiger partial charge on any atom is -0.333 e. The van der Waals surface area contributed by atoms with Crippen LogP contribution >= 0.6 is 0 Å². The highest BCUT2D eigenvalue weighted by molar-refractivity contribution is 7.88. The van der Waals surface area contributed by atoms with E-state index in [1.54, 1.807) is 0 Å². The van der Waals surface area contributed by atoms with Gasteiger partial charge in [0.05, 0.1) is 11.4 Å². The first kappa shape index (κ1) is 16.1. The topological polar surface area (TPSA) is 64.0 Å². The van der Waals surface area contributed by atoms with Crippen LogP contribution in [0.4, 0.5) is 8.78 Å². The number of hydrogen-bond acceptors (Lipinski definition) is 3. The van der Waals surface area contributed by atoms with Crippen molar-refractivity contribution < 1.29 is 17.2 Å². The van der Waals surface area contributed by atoms with Crippen molar-refractivity contribution in [3.63, 3.8) is 0 Å². The van der Waals surface area contributed by atoms with Crippen molar-refractivity contribution >= 4 is 10.0 Å². The lowest BCUT2D eigenvalue weighted by Gasteiger charge is -2.24. The number of nitrogens with zero attached hydrogens (tertiary/aromatic N) is 2. The molecule has 5 nitrogen and oxygen atoms in total. The molecule has 1 N–H and O–H groups in total. The van der Waals surface area contributed by atoms with E-state index < -0.39 is 33.0 Å². The Hall–Kier alpha value is -1.80. The van der Waals surface area contributed by atoms with Gasteiger partial charge in [0.1, 0.15) is 17.5 Å². The molecule has 8 heteroatoms. The Morgan fingerprint density at radius 3 is 2.74 bits per heavy atom. The zero-order chi connectivity index (χ0) is 16.6. The smallest absolute Gasteiger partial charge is 0.216 e. The maximum Gasteiger partial charge on any atom is 0.216 e. The van der Waals surface area contributed by atoms with Crippen LogP contribution in [0.2, 0.25) is 0 Å². The Labute approximate surface area is 133 Å². The van der Waals surface area contributed by atoms with Crippen LogP contribution in [0.25, 0.3) is 0 Å². The van der Waals surface area contributed by atoms with Gasteiger partial charge in [-0.3, -0.25) is 0 Å². The molecule has 0 bridgehead atoms. The van der Waals surface area contributed by atoms with Gasteiger partial charge in [-0.2, -0.15) is 0 Å². The molecule has 23 heavy (non-hydrogen) atoms. The monoisotopic (exact) mass is 341 g/mol. The number of benzene rings is 1. The van der Waals surface area contributed by atoms with Crippen LogP contribution in [0, 0.1) is 18.6 Å². The fraction of sp³-hybridized carbons (Fsp3) is 0.400. The maximum atomic E-state index is 13.6. The molecule has 1 aromatic heterocycles. The summed E-state index contributed by atoms with van der Waals surface area (Å²) in [6.45, 7) is 2.35. The summed E-state index contributed by atoms with van der Waals surface area (Å²) in [5.74, 6) is -1.49. The third-order valence-corrected chi connectivity index (χ3v) is 5.22. The summed E-state index contributed by atoms with van der Waals surface area (Å²) < 4.78 is 56.1. The number of rotatable bonds is 4. The Morgan fingerprint density at radius 2 is 2.04 bits per heavy atom. The quantitative estimate of drug-likeness (QED) is 0.924. The van der Waals surface area contributed by atoms with Crippen molar-refractivity contribution in [2.45, 2.75) is 38.1 Å². The van der Waals surface area contributed by atoms with E-state index in [0.717, 1.165) is 23.7 Å². The molecule has 0 aliphatic carbocycles. The van der Waals surface area contributed by atoms with Crippen LogP contribution in [-0.4, -0.2) is 24.0 Å². The van der Waals surface area contributed by atoms with Gasteiger partial charge in [-0.25, -0.2) is 26.9 Å². The van der Waals surface area contributed by atoms with Crippen LogP contribution in [0.15, 0.2) is 24.4 Å². The van der Waals surface area contributed by atoms with E-state index in [4.69, 9.17) is 0 Å². The van der Waals surface area contributed by atoms with Crippen LogP contribution in [-0.2, 0) is 28.7 Å². The van der Waals surface area contributed by atoms with E-state index in [1.807, 2.05) is 17.7 Å². The summed E-state index contributed by atoms with van der Waals surface area (Å²) in [6.07, 6.45) is 3.14. The highest BCUT2D eigenvalue weighted by Gasteiger charge is 2.25. The molecule has 0 spiro atoms.